The van der Waals surface area contributed by atoms with Crippen molar-refractivity contribution in [3.05, 3.63) is 181 Å². The van der Waals surface area contributed by atoms with Gasteiger partial charge >= 0.3 is 0 Å². The van der Waals surface area contributed by atoms with Gasteiger partial charge in [0.2, 0.25) is 0 Å². The van der Waals surface area contributed by atoms with Crippen LogP contribution in [0.15, 0.2) is 186 Å². The molecule has 0 spiro atoms. The molecule has 0 fully saturated rings. The molecule has 10 aromatic rings. The Bertz CT molecular complexity index is 4020. The summed E-state index contributed by atoms with van der Waals surface area (Å²) in [5, 5.41) is -3.13. The van der Waals surface area contributed by atoms with E-state index >= 15 is 0 Å². The van der Waals surface area contributed by atoms with Crippen LogP contribution in [0.4, 0.5) is 0 Å². The normalized spacial score (nSPS) is 18.0. The standard InChI is InChI=1S/C48H30O/c1-3-15-31(16-4-1)33-27-28-44-43(29-33)47(48(49-44)42-30-34-19-7-8-20-35(34)36-21-9-10-22-37(36)42)46-40-25-13-11-23-38(40)45(32-17-5-2-6-18-32)39-24-12-14-26-41(39)46/h1-30H/i1D,3D,4D,7D,8D,9D,10D,11D,12D,13D,14D,15D,16D,19D,20D,21D,22D,23D,24D,25D,26D,30D. The first kappa shape index (κ1) is 13.6. The van der Waals surface area contributed by atoms with Gasteiger partial charge < -0.3 is 4.42 Å². The minimum absolute atomic E-state index is 0.0185. The van der Waals surface area contributed by atoms with E-state index in [-0.39, 0.29) is 65.9 Å². The van der Waals surface area contributed by atoms with Crippen molar-refractivity contribution < 1.29 is 34.6 Å². The Morgan fingerprint density at radius 2 is 0.959 bits per heavy atom. The quantitative estimate of drug-likeness (QED) is 0.137. The highest BCUT2D eigenvalue weighted by molar-refractivity contribution is 6.26. The predicted octanol–water partition coefficient (Wildman–Crippen LogP) is 13.7. The van der Waals surface area contributed by atoms with Crippen molar-refractivity contribution in [1.82, 2.24) is 0 Å². The van der Waals surface area contributed by atoms with Crippen LogP contribution in [0.25, 0.3) is 98.8 Å². The first-order valence-electron chi connectivity index (χ1n) is 26.1. The molecule has 228 valence electrons. The summed E-state index contributed by atoms with van der Waals surface area (Å²) in [6, 6.07) is -3.89. The second-order valence-electron chi connectivity index (χ2n) is 11.1. The number of benzene rings is 9. The first-order valence-corrected chi connectivity index (χ1v) is 15.1. The summed E-state index contributed by atoms with van der Waals surface area (Å²) in [6.07, 6.45) is 0. The Hall–Kier alpha value is -6.44. The van der Waals surface area contributed by atoms with Crippen LogP contribution in [-0.4, -0.2) is 0 Å². The molecule has 0 aliphatic rings. The monoisotopic (exact) mass is 644 g/mol. The van der Waals surface area contributed by atoms with Crippen molar-refractivity contribution in [3.63, 3.8) is 0 Å². The number of furan rings is 1. The van der Waals surface area contributed by atoms with Crippen LogP contribution in [0.3, 0.4) is 0 Å². The van der Waals surface area contributed by atoms with E-state index in [1.165, 1.54) is 18.2 Å². The van der Waals surface area contributed by atoms with Crippen LogP contribution < -0.4 is 0 Å². The van der Waals surface area contributed by atoms with Crippen molar-refractivity contribution in [3.8, 4) is 44.7 Å². The maximum Gasteiger partial charge on any atom is 0.143 e. The van der Waals surface area contributed by atoms with Crippen LogP contribution >= 0.6 is 0 Å². The van der Waals surface area contributed by atoms with Crippen molar-refractivity contribution in [1.29, 1.82) is 0 Å². The first-order chi connectivity index (χ1) is 33.5. The lowest BCUT2D eigenvalue weighted by molar-refractivity contribution is 0.633. The lowest BCUT2D eigenvalue weighted by atomic mass is 9.84. The average Bonchev–Trinajstić information content (AvgIpc) is 3.73. The molecule has 1 heteroatoms. The summed E-state index contributed by atoms with van der Waals surface area (Å²) in [7, 11) is 0. The second-order valence-corrected chi connectivity index (χ2v) is 11.1. The largest absolute Gasteiger partial charge is 0.455 e. The van der Waals surface area contributed by atoms with Gasteiger partial charge in [-0.15, -0.1) is 0 Å². The summed E-state index contributed by atoms with van der Waals surface area (Å²) in [6.45, 7) is 0. The van der Waals surface area contributed by atoms with Gasteiger partial charge in [-0.2, -0.15) is 0 Å². The van der Waals surface area contributed by atoms with Gasteiger partial charge in [-0.3, -0.25) is 0 Å². The molecular weight excluding hydrogens is 593 g/mol. The van der Waals surface area contributed by atoms with Crippen molar-refractivity contribution in [2.75, 3.05) is 0 Å². The molecule has 1 nitrogen and oxygen atoms in total. The van der Waals surface area contributed by atoms with Gasteiger partial charge in [0.1, 0.15) is 11.3 Å². The van der Waals surface area contributed by atoms with Gasteiger partial charge in [-0.1, -0.05) is 163 Å². The molecule has 0 aliphatic heterocycles. The van der Waals surface area contributed by atoms with Crippen LogP contribution in [-0.2, 0) is 0 Å². The third-order valence-electron chi connectivity index (χ3n) is 8.52. The van der Waals surface area contributed by atoms with Gasteiger partial charge in [0.25, 0.3) is 0 Å². The third-order valence-corrected chi connectivity index (χ3v) is 8.52. The number of fused-ring (bicyclic) bond motifs is 6. The average molecular weight is 645 g/mol. The number of hydrogen-bond donors (Lipinski definition) is 0. The lowest BCUT2D eigenvalue weighted by Crippen LogP contribution is -1.92. The van der Waals surface area contributed by atoms with Gasteiger partial charge in [-0.25, -0.2) is 0 Å². The molecule has 0 saturated heterocycles. The SMILES string of the molecule is [2H]c1c([2H])c([2H])c(-c2ccc3oc(-c4c([2H])c5c([2H])c([2H])c([2H])c([2H])c5c5c([2H])c([2H])c([2H])c([2H])c45)c(-c4c5c([2H])c([2H])c([2H])c([2H])c5c(-c5ccccc5)c5c([2H])c([2H])c([2H])c([2H])c45)c3c2)c([2H])c1[2H]. The van der Waals surface area contributed by atoms with E-state index in [4.69, 9.17) is 25.0 Å². The van der Waals surface area contributed by atoms with E-state index in [2.05, 4.69) is 0 Å². The van der Waals surface area contributed by atoms with Crippen LogP contribution in [0.5, 0.6) is 0 Å². The van der Waals surface area contributed by atoms with Gasteiger partial charge in [0, 0.05) is 22.1 Å². The third kappa shape index (κ3) is 4.33. The Morgan fingerprint density at radius 1 is 0.388 bits per heavy atom. The highest BCUT2D eigenvalue weighted by Crippen LogP contribution is 2.51. The molecule has 0 unspecified atom stereocenters. The molecule has 1 heterocycles. The van der Waals surface area contributed by atoms with E-state index in [0.29, 0.717) is 0 Å². The smallest absolute Gasteiger partial charge is 0.143 e. The summed E-state index contributed by atoms with van der Waals surface area (Å²) in [5.41, 5.74) is -1.41. The number of hydrogen-bond acceptors (Lipinski definition) is 1. The van der Waals surface area contributed by atoms with Crippen molar-refractivity contribution >= 4 is 54.1 Å². The molecule has 49 heavy (non-hydrogen) atoms. The fourth-order valence-electron chi connectivity index (χ4n) is 6.48. The number of rotatable bonds is 4. The Morgan fingerprint density at radius 3 is 1.65 bits per heavy atom. The zero-order valence-electron chi connectivity index (χ0n) is 47.0. The molecule has 0 atom stereocenters. The van der Waals surface area contributed by atoms with E-state index in [1.807, 2.05) is 0 Å². The maximum absolute atomic E-state index is 9.92. The zero-order valence-corrected chi connectivity index (χ0v) is 25.0. The molecule has 0 saturated carbocycles. The lowest BCUT2D eigenvalue weighted by Gasteiger charge is -2.18. The Balaban J connectivity index is 1.58. The minimum atomic E-state index is -0.823. The minimum Gasteiger partial charge on any atom is -0.455 e. The molecule has 0 bridgehead atoms. The van der Waals surface area contributed by atoms with Crippen molar-refractivity contribution in [2.24, 2.45) is 0 Å². The molecule has 1 aromatic heterocycles. The molecule has 0 N–H and O–H groups in total. The molecule has 10 rings (SSSR count). The fraction of sp³-hybridized carbons (Fsp3) is 0. The van der Waals surface area contributed by atoms with E-state index in [9.17, 15) is 9.60 Å². The molecule has 0 amide bonds. The molecule has 0 aliphatic carbocycles. The van der Waals surface area contributed by atoms with Gasteiger partial charge in [-0.05, 0) is 83.5 Å². The van der Waals surface area contributed by atoms with E-state index < -0.39 is 166 Å². The Labute approximate surface area is 315 Å². The van der Waals surface area contributed by atoms with Gasteiger partial charge in [0.05, 0.1) is 30.2 Å². The van der Waals surface area contributed by atoms with Crippen LogP contribution in [0.1, 0.15) is 30.2 Å². The summed E-state index contributed by atoms with van der Waals surface area (Å²) >= 11 is 0. The highest BCUT2D eigenvalue weighted by Gasteiger charge is 2.25. The van der Waals surface area contributed by atoms with Crippen LogP contribution in [0.2, 0.25) is 0 Å². The van der Waals surface area contributed by atoms with Gasteiger partial charge in [0.15, 0.2) is 0 Å². The zero-order chi connectivity index (χ0) is 51.5. The predicted molar refractivity (Wildman–Crippen MR) is 208 cm³/mol. The Kier molecular flexibility index (Phi) is 3.07. The van der Waals surface area contributed by atoms with E-state index in [0.717, 1.165) is 0 Å². The summed E-state index contributed by atoms with van der Waals surface area (Å²) in [4.78, 5) is 0. The highest BCUT2D eigenvalue weighted by atomic mass is 16.3. The maximum atomic E-state index is 9.92. The molecule has 9 aromatic carbocycles. The van der Waals surface area contributed by atoms with Crippen molar-refractivity contribution in [2.45, 2.75) is 0 Å². The van der Waals surface area contributed by atoms with Crippen LogP contribution in [0, 0.1) is 0 Å². The topological polar surface area (TPSA) is 13.1 Å². The molecule has 0 radical (unpaired) electrons. The van der Waals surface area contributed by atoms with E-state index in [1.54, 1.807) is 30.3 Å². The summed E-state index contributed by atoms with van der Waals surface area (Å²) in [5.74, 6) is -0.526. The molecular formula is C48H30O. The fourth-order valence-corrected chi connectivity index (χ4v) is 6.48. The second kappa shape index (κ2) is 11.1. The summed E-state index contributed by atoms with van der Waals surface area (Å²) < 4.78 is 205.